The topological polar surface area (TPSA) is 124 Å². The molecule has 0 saturated heterocycles. The number of benzene rings is 1. The molecule has 1 unspecified atom stereocenters. The summed E-state index contributed by atoms with van der Waals surface area (Å²) in [5, 5.41) is 24.6. The minimum absolute atomic E-state index is 0.0329. The molecule has 3 N–H and O–H groups in total. The van der Waals surface area contributed by atoms with Gasteiger partial charge in [0, 0.05) is 30.0 Å². The van der Waals surface area contributed by atoms with Gasteiger partial charge in [-0.25, -0.2) is 8.42 Å². The first-order chi connectivity index (χ1) is 16.4. The summed E-state index contributed by atoms with van der Waals surface area (Å²) in [6.07, 6.45) is -0.167. The molecule has 35 heavy (non-hydrogen) atoms. The fourth-order valence-corrected chi connectivity index (χ4v) is 8.19. The maximum absolute atomic E-state index is 13.4. The maximum Gasteiger partial charge on any atom is 0.264 e. The minimum Gasteiger partial charge on any atom is -0.394 e. The zero-order valence-corrected chi connectivity index (χ0v) is 22.0. The van der Waals surface area contributed by atoms with E-state index >= 15 is 0 Å². The number of hydrogen-bond donors (Lipinski definition) is 3. The van der Waals surface area contributed by atoms with E-state index in [1.807, 2.05) is 12.1 Å². The highest BCUT2D eigenvalue weighted by atomic mass is 35.5. The molecule has 1 atom stereocenters. The molecule has 1 fully saturated rings. The maximum atomic E-state index is 13.4. The molecule has 1 saturated carbocycles. The van der Waals surface area contributed by atoms with E-state index in [-0.39, 0.29) is 18.4 Å². The number of sulfone groups is 1. The van der Waals surface area contributed by atoms with E-state index < -0.39 is 32.0 Å². The van der Waals surface area contributed by atoms with Crippen LogP contribution in [0.4, 0.5) is 0 Å². The second-order valence-corrected chi connectivity index (χ2v) is 14.0. The van der Waals surface area contributed by atoms with Crippen LogP contribution < -0.4 is 5.32 Å². The molecule has 0 radical (unpaired) electrons. The fraction of sp³-hybridized carbons (Fsp3) is 0.500. The van der Waals surface area contributed by atoms with Crippen molar-refractivity contribution < 1.29 is 28.2 Å². The van der Waals surface area contributed by atoms with Gasteiger partial charge in [-0.1, -0.05) is 23.7 Å². The number of halogens is 1. The first-order valence-electron chi connectivity index (χ1n) is 11.4. The molecular weight excluding hydrogens is 512 g/mol. The number of nitrogens with one attached hydrogen (secondary N) is 1. The van der Waals surface area contributed by atoms with Gasteiger partial charge in [-0.05, 0) is 56.4 Å². The third-order valence-corrected chi connectivity index (χ3v) is 11.7. The summed E-state index contributed by atoms with van der Waals surface area (Å²) in [4.78, 5) is 28.0. The summed E-state index contributed by atoms with van der Waals surface area (Å²) in [5.74, 6) is -0.547. The summed E-state index contributed by atoms with van der Waals surface area (Å²) < 4.78 is 24.1. The Balaban J connectivity index is 1.47. The van der Waals surface area contributed by atoms with Crippen molar-refractivity contribution in [2.45, 2.75) is 55.3 Å². The van der Waals surface area contributed by atoms with Crippen LogP contribution in [-0.4, -0.2) is 70.6 Å². The van der Waals surface area contributed by atoms with Crippen molar-refractivity contribution in [3.63, 3.8) is 0 Å². The molecule has 0 spiro atoms. The second kappa shape index (κ2) is 9.48. The third-order valence-electron chi connectivity index (χ3n) is 7.14. The van der Waals surface area contributed by atoms with Crippen molar-refractivity contribution in [1.29, 1.82) is 0 Å². The number of amides is 2. The third kappa shape index (κ3) is 4.62. The zero-order valence-electron chi connectivity index (χ0n) is 19.6. The Labute approximate surface area is 213 Å². The summed E-state index contributed by atoms with van der Waals surface area (Å²) >= 11 is 7.09. The first kappa shape index (κ1) is 26.1. The summed E-state index contributed by atoms with van der Waals surface area (Å²) in [6, 6.07) is 7.16. The van der Waals surface area contributed by atoms with E-state index in [0.29, 0.717) is 53.4 Å². The fourth-order valence-electron chi connectivity index (χ4n) is 4.48. The van der Waals surface area contributed by atoms with Gasteiger partial charge in [0.1, 0.15) is 0 Å². The molecule has 2 heterocycles. The number of fused-ring (bicyclic) bond motifs is 1. The van der Waals surface area contributed by atoms with Crippen molar-refractivity contribution in [1.82, 2.24) is 10.2 Å². The van der Waals surface area contributed by atoms with Crippen LogP contribution in [0.15, 0.2) is 29.6 Å². The molecule has 1 aromatic carbocycles. The van der Waals surface area contributed by atoms with Crippen LogP contribution in [-0.2, 0) is 22.8 Å². The molecule has 1 aliphatic carbocycles. The number of aliphatic hydroxyl groups excluding tert-OH is 2. The minimum atomic E-state index is -3.86. The molecule has 2 amide bonds. The molecule has 0 bridgehead atoms. The average Bonchev–Trinajstić information content (AvgIpc) is 3.50. The highest BCUT2D eigenvalue weighted by molar-refractivity contribution is 7.94. The molecule has 4 rings (SSSR count). The van der Waals surface area contributed by atoms with Crippen molar-refractivity contribution >= 4 is 44.6 Å². The first-order valence-corrected chi connectivity index (χ1v) is 14.1. The summed E-state index contributed by atoms with van der Waals surface area (Å²) in [5.41, 5.74) is 2.06. The molecule has 190 valence electrons. The van der Waals surface area contributed by atoms with Crippen molar-refractivity contribution in [2.75, 3.05) is 19.7 Å². The van der Waals surface area contributed by atoms with E-state index in [1.54, 1.807) is 22.4 Å². The van der Waals surface area contributed by atoms with Gasteiger partial charge in [-0.3, -0.25) is 9.59 Å². The van der Waals surface area contributed by atoms with Crippen LogP contribution in [0.2, 0.25) is 5.02 Å². The Kier molecular flexibility index (Phi) is 7.07. The lowest BCUT2D eigenvalue weighted by atomic mass is 10.0. The number of aliphatic hydroxyl groups is 2. The number of carbonyl (C=O) groups excluding carboxylic acids is 2. The SMILES string of the molecule is CC(C)(C(O)CO)S(=O)(=O)C1(CN2CCc3c(C(=O)NCc4ccc(Cl)cc4)csc3C2=O)CC1. The monoisotopic (exact) mass is 540 g/mol. The van der Waals surface area contributed by atoms with Gasteiger partial charge in [0.25, 0.3) is 11.8 Å². The van der Waals surface area contributed by atoms with Gasteiger partial charge in [0.05, 0.1) is 32.6 Å². The van der Waals surface area contributed by atoms with Crippen LogP contribution >= 0.6 is 22.9 Å². The lowest BCUT2D eigenvalue weighted by Gasteiger charge is -2.36. The van der Waals surface area contributed by atoms with E-state index in [0.717, 1.165) is 5.56 Å². The standard InChI is InChI=1S/C24H29ClN2O6S2/c1-23(2,19(29)12-28)35(32,33)24(8-9-24)14-27-10-7-17-18(13-34-20(17)22(27)31)21(30)26-11-15-3-5-16(25)6-4-15/h3-6,13,19,28-29H,7-12,14H2,1-2H3,(H,26,30). The van der Waals surface area contributed by atoms with Crippen LogP contribution in [0.25, 0.3) is 0 Å². The lowest BCUT2D eigenvalue weighted by Crippen LogP contribution is -2.55. The van der Waals surface area contributed by atoms with E-state index in [1.165, 1.54) is 25.2 Å². The normalized spacial score (nSPS) is 18.2. The highest BCUT2D eigenvalue weighted by Gasteiger charge is 2.62. The van der Waals surface area contributed by atoms with Crippen molar-refractivity contribution in [3.8, 4) is 0 Å². The van der Waals surface area contributed by atoms with E-state index in [2.05, 4.69) is 5.32 Å². The zero-order chi connectivity index (χ0) is 25.6. The Hall–Kier alpha value is -1.98. The van der Waals surface area contributed by atoms with Gasteiger partial charge in [-0.2, -0.15) is 0 Å². The second-order valence-electron chi connectivity index (χ2n) is 9.73. The quantitative estimate of drug-likeness (QED) is 0.449. The van der Waals surface area contributed by atoms with E-state index in [4.69, 9.17) is 11.6 Å². The van der Waals surface area contributed by atoms with Crippen molar-refractivity contribution in [3.05, 3.63) is 56.2 Å². The number of carbonyl (C=O) groups is 2. The van der Waals surface area contributed by atoms with Gasteiger partial charge < -0.3 is 20.4 Å². The molecule has 2 aromatic rings. The van der Waals surface area contributed by atoms with Crippen LogP contribution in [0.3, 0.4) is 0 Å². The van der Waals surface area contributed by atoms with Gasteiger partial charge >= 0.3 is 0 Å². The highest BCUT2D eigenvalue weighted by Crippen LogP contribution is 2.50. The van der Waals surface area contributed by atoms with Gasteiger partial charge in [0.2, 0.25) is 0 Å². The summed E-state index contributed by atoms with van der Waals surface area (Å²) in [7, 11) is -3.86. The molecule has 1 aromatic heterocycles. The number of nitrogens with zero attached hydrogens (tertiary/aromatic N) is 1. The number of thiophene rings is 1. The number of hydrogen-bond acceptors (Lipinski definition) is 7. The Morgan fingerprint density at radius 2 is 1.94 bits per heavy atom. The van der Waals surface area contributed by atoms with Gasteiger partial charge in [-0.15, -0.1) is 11.3 Å². The molecule has 8 nitrogen and oxygen atoms in total. The van der Waals surface area contributed by atoms with Crippen LogP contribution in [0.1, 0.15) is 57.8 Å². The molecule has 2 aliphatic rings. The Morgan fingerprint density at radius 3 is 2.54 bits per heavy atom. The number of rotatable bonds is 9. The van der Waals surface area contributed by atoms with Crippen LogP contribution in [0.5, 0.6) is 0 Å². The predicted molar refractivity (Wildman–Crippen MR) is 135 cm³/mol. The predicted octanol–water partition coefficient (Wildman–Crippen LogP) is 2.41. The molecule has 1 aliphatic heterocycles. The van der Waals surface area contributed by atoms with Crippen molar-refractivity contribution in [2.24, 2.45) is 0 Å². The van der Waals surface area contributed by atoms with Crippen LogP contribution in [0, 0.1) is 0 Å². The van der Waals surface area contributed by atoms with E-state index in [9.17, 15) is 28.2 Å². The average molecular weight is 541 g/mol. The molecule has 11 heteroatoms. The van der Waals surface area contributed by atoms with Gasteiger partial charge in [0.15, 0.2) is 9.84 Å². The smallest absolute Gasteiger partial charge is 0.264 e. The molecular formula is C24H29ClN2O6S2. The largest absolute Gasteiger partial charge is 0.394 e. The summed E-state index contributed by atoms with van der Waals surface area (Å²) in [6.45, 7) is 2.83. The Morgan fingerprint density at radius 1 is 1.29 bits per heavy atom. The Bertz CT molecular complexity index is 1240. The lowest BCUT2D eigenvalue weighted by molar-refractivity contribution is 0.0676.